The van der Waals surface area contributed by atoms with Crippen LogP contribution in [-0.2, 0) is 0 Å². The molecule has 0 saturated carbocycles. The number of anilines is 2. The maximum absolute atomic E-state index is 12.8. The smallest absolute Gasteiger partial charge is 0.335 e. The van der Waals surface area contributed by atoms with Gasteiger partial charge in [0.1, 0.15) is 0 Å². The molecule has 0 radical (unpaired) electrons. The van der Waals surface area contributed by atoms with E-state index in [-0.39, 0.29) is 11.5 Å². The molecule has 2 aliphatic heterocycles. The van der Waals surface area contributed by atoms with Crippen LogP contribution in [0.1, 0.15) is 46.4 Å². The highest BCUT2D eigenvalue weighted by molar-refractivity contribution is 6.31. The van der Waals surface area contributed by atoms with Crippen molar-refractivity contribution in [2.45, 2.75) is 25.7 Å². The van der Waals surface area contributed by atoms with E-state index in [1.807, 2.05) is 6.07 Å². The SMILES string of the molecule is O=C(O)c1ccc(N2CCC[C@H](CN3CCCC3)C2)c(NC(=O)c2cccc(Cl)c2)c1. The number of carbonyl (C=O) groups is 2. The zero-order chi connectivity index (χ0) is 21.8. The lowest BCUT2D eigenvalue weighted by molar-refractivity contribution is 0.0696. The number of nitrogens with one attached hydrogen (secondary N) is 1. The molecule has 164 valence electrons. The summed E-state index contributed by atoms with van der Waals surface area (Å²) in [6.45, 7) is 5.27. The molecule has 0 aliphatic carbocycles. The molecule has 7 heteroatoms. The highest BCUT2D eigenvalue weighted by atomic mass is 35.5. The first-order valence-corrected chi connectivity index (χ1v) is 11.3. The Balaban J connectivity index is 1.56. The van der Waals surface area contributed by atoms with Crippen molar-refractivity contribution < 1.29 is 14.7 Å². The summed E-state index contributed by atoms with van der Waals surface area (Å²) in [6, 6.07) is 11.7. The summed E-state index contributed by atoms with van der Waals surface area (Å²) in [5.41, 5.74) is 1.97. The number of hydrogen-bond acceptors (Lipinski definition) is 4. The molecule has 1 atom stereocenters. The third-order valence-electron chi connectivity index (χ3n) is 6.15. The van der Waals surface area contributed by atoms with Crippen molar-refractivity contribution in [2.75, 3.05) is 42.9 Å². The van der Waals surface area contributed by atoms with E-state index in [2.05, 4.69) is 15.1 Å². The van der Waals surface area contributed by atoms with Crippen LogP contribution in [0.15, 0.2) is 42.5 Å². The number of carbonyl (C=O) groups excluding carboxylic acids is 1. The molecule has 2 aromatic rings. The Morgan fingerprint density at radius 2 is 1.84 bits per heavy atom. The lowest BCUT2D eigenvalue weighted by Gasteiger charge is -2.37. The second kappa shape index (κ2) is 9.71. The van der Waals surface area contributed by atoms with E-state index in [9.17, 15) is 14.7 Å². The number of likely N-dealkylation sites (tertiary alicyclic amines) is 1. The standard InChI is InChI=1S/C24H28ClN3O3/c25-20-7-3-6-18(13-20)23(29)26-21-14-19(24(30)31)8-9-22(21)28-12-4-5-17(16-28)15-27-10-1-2-11-27/h3,6-9,13-14,17H,1-2,4-5,10-12,15-16H2,(H,26,29)(H,30,31)/t17-/m1/s1. The molecular formula is C24H28ClN3O3. The van der Waals surface area contributed by atoms with Gasteiger partial charge in [-0.05, 0) is 81.1 Å². The van der Waals surface area contributed by atoms with Crippen LogP contribution in [0.3, 0.4) is 0 Å². The lowest BCUT2D eigenvalue weighted by Crippen LogP contribution is -2.40. The van der Waals surface area contributed by atoms with Gasteiger partial charge in [-0.3, -0.25) is 4.79 Å². The number of rotatable bonds is 6. The van der Waals surface area contributed by atoms with E-state index < -0.39 is 5.97 Å². The van der Waals surface area contributed by atoms with Crippen LogP contribution in [-0.4, -0.2) is 54.6 Å². The Morgan fingerprint density at radius 3 is 2.58 bits per heavy atom. The number of benzene rings is 2. The largest absolute Gasteiger partial charge is 0.478 e. The fraction of sp³-hybridized carbons (Fsp3) is 0.417. The van der Waals surface area contributed by atoms with Gasteiger partial charge in [-0.15, -0.1) is 0 Å². The zero-order valence-electron chi connectivity index (χ0n) is 17.5. The molecular weight excluding hydrogens is 414 g/mol. The molecule has 0 aromatic heterocycles. The van der Waals surface area contributed by atoms with Gasteiger partial charge in [0.15, 0.2) is 0 Å². The first kappa shape index (κ1) is 21.7. The molecule has 6 nitrogen and oxygen atoms in total. The average molecular weight is 442 g/mol. The lowest BCUT2D eigenvalue weighted by atomic mass is 9.96. The summed E-state index contributed by atoms with van der Waals surface area (Å²) in [4.78, 5) is 29.2. The first-order chi connectivity index (χ1) is 15.0. The highest BCUT2D eigenvalue weighted by Gasteiger charge is 2.25. The third-order valence-corrected chi connectivity index (χ3v) is 6.39. The van der Waals surface area contributed by atoms with Crippen molar-refractivity contribution in [3.8, 4) is 0 Å². The summed E-state index contributed by atoms with van der Waals surface area (Å²) < 4.78 is 0. The van der Waals surface area contributed by atoms with Gasteiger partial charge in [-0.2, -0.15) is 0 Å². The summed E-state index contributed by atoms with van der Waals surface area (Å²) in [6.07, 6.45) is 4.85. The first-order valence-electron chi connectivity index (χ1n) is 10.9. The fourth-order valence-corrected chi connectivity index (χ4v) is 4.82. The molecule has 0 spiro atoms. The third kappa shape index (κ3) is 5.38. The van der Waals surface area contributed by atoms with Gasteiger partial charge in [-0.25, -0.2) is 4.79 Å². The molecule has 4 rings (SSSR count). The molecule has 2 heterocycles. The number of piperidine rings is 1. The topological polar surface area (TPSA) is 72.9 Å². The summed E-state index contributed by atoms with van der Waals surface area (Å²) >= 11 is 6.03. The van der Waals surface area contributed by atoms with Gasteiger partial charge >= 0.3 is 5.97 Å². The number of carboxylic acid groups (broad SMARTS) is 1. The van der Waals surface area contributed by atoms with E-state index in [1.54, 1.807) is 36.4 Å². The molecule has 1 amide bonds. The van der Waals surface area contributed by atoms with Crippen molar-refractivity contribution >= 4 is 34.9 Å². The van der Waals surface area contributed by atoms with Crippen molar-refractivity contribution in [1.29, 1.82) is 0 Å². The number of halogens is 1. The van der Waals surface area contributed by atoms with Crippen LogP contribution in [0.2, 0.25) is 5.02 Å². The minimum atomic E-state index is -1.02. The number of carboxylic acids is 1. The molecule has 0 unspecified atom stereocenters. The zero-order valence-corrected chi connectivity index (χ0v) is 18.3. The van der Waals surface area contributed by atoms with E-state index >= 15 is 0 Å². The van der Waals surface area contributed by atoms with Gasteiger partial charge in [-0.1, -0.05) is 17.7 Å². The highest BCUT2D eigenvalue weighted by Crippen LogP contribution is 2.32. The van der Waals surface area contributed by atoms with E-state index in [1.165, 1.54) is 32.4 Å². The molecule has 2 N–H and O–H groups in total. The van der Waals surface area contributed by atoms with Gasteiger partial charge in [0.25, 0.3) is 5.91 Å². The Hall–Kier alpha value is -2.57. The van der Waals surface area contributed by atoms with Crippen molar-refractivity contribution in [3.05, 3.63) is 58.6 Å². The van der Waals surface area contributed by atoms with Crippen LogP contribution in [0, 0.1) is 5.92 Å². The van der Waals surface area contributed by atoms with Gasteiger partial charge < -0.3 is 20.2 Å². The maximum Gasteiger partial charge on any atom is 0.335 e. The van der Waals surface area contributed by atoms with E-state index in [4.69, 9.17) is 11.6 Å². The van der Waals surface area contributed by atoms with Crippen LogP contribution in [0.25, 0.3) is 0 Å². The van der Waals surface area contributed by atoms with Gasteiger partial charge in [0.2, 0.25) is 0 Å². The second-order valence-electron chi connectivity index (χ2n) is 8.46. The molecule has 0 bridgehead atoms. The van der Waals surface area contributed by atoms with Crippen LogP contribution < -0.4 is 10.2 Å². The predicted molar refractivity (Wildman–Crippen MR) is 123 cm³/mol. The molecule has 2 aromatic carbocycles. The number of nitrogens with zero attached hydrogens (tertiary/aromatic N) is 2. The van der Waals surface area contributed by atoms with Crippen LogP contribution in [0.4, 0.5) is 11.4 Å². The molecule has 2 fully saturated rings. The van der Waals surface area contributed by atoms with Gasteiger partial charge in [0.05, 0.1) is 16.9 Å². The van der Waals surface area contributed by atoms with Crippen LogP contribution in [0.5, 0.6) is 0 Å². The molecule has 31 heavy (non-hydrogen) atoms. The average Bonchev–Trinajstić information content (AvgIpc) is 3.27. The molecule has 2 aliphatic rings. The minimum absolute atomic E-state index is 0.149. The van der Waals surface area contributed by atoms with E-state index in [0.717, 1.165) is 31.7 Å². The Morgan fingerprint density at radius 1 is 1.03 bits per heavy atom. The quantitative estimate of drug-likeness (QED) is 0.685. The maximum atomic E-state index is 12.8. The molecule has 2 saturated heterocycles. The monoisotopic (exact) mass is 441 g/mol. The second-order valence-corrected chi connectivity index (χ2v) is 8.90. The van der Waals surface area contributed by atoms with Crippen molar-refractivity contribution in [3.63, 3.8) is 0 Å². The fourth-order valence-electron chi connectivity index (χ4n) is 4.63. The summed E-state index contributed by atoms with van der Waals surface area (Å²) in [5.74, 6) is -0.755. The Labute approximate surface area is 187 Å². The summed E-state index contributed by atoms with van der Waals surface area (Å²) in [7, 11) is 0. The summed E-state index contributed by atoms with van der Waals surface area (Å²) in [5, 5.41) is 12.9. The predicted octanol–water partition coefficient (Wildman–Crippen LogP) is 4.60. The normalized spacial score (nSPS) is 19.4. The Bertz CT molecular complexity index is 959. The Kier molecular flexibility index (Phi) is 6.78. The number of hydrogen-bond donors (Lipinski definition) is 2. The van der Waals surface area contributed by atoms with Crippen LogP contribution >= 0.6 is 11.6 Å². The number of amides is 1. The minimum Gasteiger partial charge on any atom is -0.478 e. The van der Waals surface area contributed by atoms with Gasteiger partial charge in [0, 0.05) is 30.2 Å². The van der Waals surface area contributed by atoms with E-state index in [0.29, 0.717) is 22.2 Å². The van der Waals surface area contributed by atoms with Crippen molar-refractivity contribution in [2.24, 2.45) is 5.92 Å². The van der Waals surface area contributed by atoms with Crippen molar-refractivity contribution in [1.82, 2.24) is 4.90 Å². The number of aromatic carboxylic acids is 1.